The molecule has 3 aromatic carbocycles. The first-order chi connectivity index (χ1) is 24.8. The first-order valence-corrected chi connectivity index (χ1v) is 20.8. The highest BCUT2D eigenvalue weighted by Crippen LogP contribution is 2.47. The molecular weight excluding hydrogens is 780 g/mol. The summed E-state index contributed by atoms with van der Waals surface area (Å²) in [6.45, 7) is 7.21. The number of hydrogen-bond acceptors (Lipinski definition) is 7. The van der Waals surface area contributed by atoms with Crippen LogP contribution in [0, 0.1) is 5.82 Å². The van der Waals surface area contributed by atoms with Gasteiger partial charge in [-0.05, 0) is 50.7 Å². The second kappa shape index (κ2) is 14.7. The maximum atomic E-state index is 16.1. The zero-order chi connectivity index (χ0) is 36.8. The van der Waals surface area contributed by atoms with Gasteiger partial charge in [-0.3, -0.25) is 4.90 Å². The lowest BCUT2D eigenvalue weighted by atomic mass is 9.95. The number of benzene rings is 3. The average molecular weight is 822 g/mol. The molecule has 0 radical (unpaired) electrons. The highest BCUT2D eigenvalue weighted by atomic mass is 79.9. The number of hydrogen-bond donors (Lipinski definition) is 0. The number of ether oxygens (including phenoxy) is 2. The Bertz CT molecular complexity index is 1870. The zero-order valence-electron chi connectivity index (χ0n) is 29.4. The summed E-state index contributed by atoms with van der Waals surface area (Å²) in [4.78, 5) is 12.5. The fraction of sp³-hybridized carbons (Fsp3) is 0.474. The summed E-state index contributed by atoms with van der Waals surface area (Å²) in [5.41, 5.74) is -0.702. The molecule has 3 aliphatic heterocycles. The van der Waals surface area contributed by atoms with Gasteiger partial charge in [-0.1, -0.05) is 93.0 Å². The van der Waals surface area contributed by atoms with Crippen molar-refractivity contribution >= 4 is 62.9 Å². The molecule has 3 atom stereocenters. The number of halogens is 6. The minimum atomic E-state index is -3.00. The van der Waals surface area contributed by atoms with Crippen LogP contribution in [0.25, 0.3) is 10.9 Å². The van der Waals surface area contributed by atoms with Crippen molar-refractivity contribution in [1.82, 2.24) is 14.9 Å². The second-order valence-electron chi connectivity index (χ2n) is 15.0. The Labute approximate surface area is 315 Å². The van der Waals surface area contributed by atoms with E-state index >= 15 is 4.39 Å². The van der Waals surface area contributed by atoms with Crippen LogP contribution in [0.3, 0.4) is 0 Å². The highest BCUT2D eigenvalue weighted by Gasteiger charge is 2.51. The van der Waals surface area contributed by atoms with Crippen LogP contribution in [0.15, 0.2) is 65.1 Å². The van der Waals surface area contributed by atoms with E-state index in [0.29, 0.717) is 13.0 Å². The fourth-order valence-electron chi connectivity index (χ4n) is 8.33. The lowest BCUT2D eigenvalue weighted by Gasteiger charge is -2.44. The SMILES string of the molecule is CC(C)(C)[Si](OCC1CCN(CC(F)F)c2nc(OC[C@@]34CCCN3C[C@H](F)C4)nc3c(F)c(Br)c(Cl)c(c23)O1)(c1ccccc1)c1ccccc1. The summed E-state index contributed by atoms with van der Waals surface area (Å²) < 4.78 is 79.0. The molecule has 3 aliphatic rings. The summed E-state index contributed by atoms with van der Waals surface area (Å²) in [5, 5.41) is 1.83. The van der Waals surface area contributed by atoms with E-state index in [9.17, 15) is 13.2 Å². The van der Waals surface area contributed by atoms with Crippen LogP contribution >= 0.6 is 27.5 Å². The lowest BCUT2D eigenvalue weighted by molar-refractivity contribution is 0.107. The molecule has 1 aromatic heterocycles. The van der Waals surface area contributed by atoms with Gasteiger partial charge in [0.2, 0.25) is 0 Å². The minimum Gasteiger partial charge on any atom is -0.486 e. The van der Waals surface area contributed by atoms with Crippen molar-refractivity contribution in [2.24, 2.45) is 0 Å². The molecular formula is C38H42BrClF4N4O3Si. The summed E-state index contributed by atoms with van der Waals surface area (Å²) in [5.74, 6) is -0.701. The minimum absolute atomic E-state index is 0.0329. The summed E-state index contributed by atoms with van der Waals surface area (Å²) in [6, 6.07) is 20.1. The predicted octanol–water partition coefficient (Wildman–Crippen LogP) is 7.94. The largest absolute Gasteiger partial charge is 0.486 e. The molecule has 2 fully saturated rings. The van der Waals surface area contributed by atoms with Crippen molar-refractivity contribution in [1.29, 1.82) is 0 Å². The molecule has 2 saturated heterocycles. The number of nitrogens with zero attached hydrogens (tertiary/aromatic N) is 4. The molecule has 0 N–H and O–H groups in total. The first-order valence-electron chi connectivity index (χ1n) is 17.7. The van der Waals surface area contributed by atoms with Gasteiger partial charge in [0.05, 0.1) is 28.5 Å². The third-order valence-corrected chi connectivity index (χ3v) is 17.0. The fourth-order valence-corrected chi connectivity index (χ4v) is 13.5. The van der Waals surface area contributed by atoms with Crippen molar-refractivity contribution in [3.8, 4) is 11.8 Å². The Morgan fingerprint density at radius 2 is 1.73 bits per heavy atom. The molecule has 0 bridgehead atoms. The van der Waals surface area contributed by atoms with Crippen LogP contribution in [0.1, 0.15) is 46.5 Å². The number of rotatable bonds is 10. The van der Waals surface area contributed by atoms with Gasteiger partial charge in [0.1, 0.15) is 35.2 Å². The molecule has 0 saturated carbocycles. The van der Waals surface area contributed by atoms with Crippen LogP contribution in [-0.4, -0.2) is 86.8 Å². The topological polar surface area (TPSA) is 60.0 Å². The number of alkyl halides is 3. The van der Waals surface area contributed by atoms with Crippen molar-refractivity contribution in [3.63, 3.8) is 0 Å². The van der Waals surface area contributed by atoms with Crippen molar-refractivity contribution in [2.45, 2.75) is 75.7 Å². The van der Waals surface area contributed by atoms with Crippen molar-refractivity contribution < 1.29 is 31.5 Å². The van der Waals surface area contributed by atoms with Crippen molar-refractivity contribution in [3.05, 3.63) is 76.0 Å². The average Bonchev–Trinajstić information content (AvgIpc) is 3.64. The molecule has 7 nitrogen and oxygen atoms in total. The van der Waals surface area contributed by atoms with Gasteiger partial charge < -0.3 is 18.8 Å². The third kappa shape index (κ3) is 6.80. The number of fused-ring (bicyclic) bond motifs is 1. The second-order valence-corrected chi connectivity index (χ2v) is 20.5. The van der Waals surface area contributed by atoms with E-state index in [1.807, 2.05) is 36.4 Å². The predicted molar refractivity (Wildman–Crippen MR) is 202 cm³/mol. The molecule has 0 aliphatic carbocycles. The van der Waals surface area contributed by atoms with Gasteiger partial charge in [-0.2, -0.15) is 9.97 Å². The number of aromatic nitrogens is 2. The number of anilines is 1. The Hall–Kier alpha value is -2.97. The summed E-state index contributed by atoms with van der Waals surface area (Å²) in [7, 11) is -3.00. The van der Waals surface area contributed by atoms with E-state index in [1.165, 1.54) is 4.90 Å². The van der Waals surface area contributed by atoms with Gasteiger partial charge in [-0.15, -0.1) is 0 Å². The Morgan fingerprint density at radius 1 is 1.06 bits per heavy atom. The first kappa shape index (κ1) is 37.3. The Balaban J connectivity index is 1.28. The smallest absolute Gasteiger partial charge is 0.319 e. The normalized spacial score (nSPS) is 22.4. The van der Waals surface area contributed by atoms with Gasteiger partial charge in [0, 0.05) is 25.9 Å². The molecule has 7 rings (SSSR count). The van der Waals surface area contributed by atoms with Crippen LogP contribution in [0.2, 0.25) is 10.1 Å². The van der Waals surface area contributed by atoms with E-state index in [4.69, 9.17) is 25.5 Å². The van der Waals surface area contributed by atoms with Gasteiger partial charge in [0.25, 0.3) is 14.7 Å². The summed E-state index contributed by atoms with van der Waals surface area (Å²) >= 11 is 10.1. The molecule has 52 heavy (non-hydrogen) atoms. The molecule has 4 aromatic rings. The van der Waals surface area contributed by atoms with E-state index in [1.54, 1.807) is 0 Å². The van der Waals surface area contributed by atoms with Crippen LogP contribution < -0.4 is 24.7 Å². The molecule has 0 amide bonds. The zero-order valence-corrected chi connectivity index (χ0v) is 32.7. The maximum absolute atomic E-state index is 16.1. The molecule has 0 spiro atoms. The molecule has 1 unspecified atom stereocenters. The maximum Gasteiger partial charge on any atom is 0.319 e. The van der Waals surface area contributed by atoms with E-state index < -0.39 is 44.9 Å². The van der Waals surface area contributed by atoms with Crippen molar-refractivity contribution in [2.75, 3.05) is 44.3 Å². The van der Waals surface area contributed by atoms with E-state index in [-0.39, 0.29) is 69.2 Å². The lowest BCUT2D eigenvalue weighted by Crippen LogP contribution is -2.67. The molecule has 4 heterocycles. The van der Waals surface area contributed by atoms with Gasteiger partial charge in [-0.25, -0.2) is 17.6 Å². The molecule has 278 valence electrons. The monoisotopic (exact) mass is 820 g/mol. The quantitative estimate of drug-likeness (QED) is 0.0916. The Kier molecular flexibility index (Phi) is 10.6. The third-order valence-electron chi connectivity index (χ3n) is 10.7. The van der Waals surface area contributed by atoms with Gasteiger partial charge >= 0.3 is 6.01 Å². The van der Waals surface area contributed by atoms with Crippen LogP contribution in [0.5, 0.6) is 11.8 Å². The van der Waals surface area contributed by atoms with E-state index in [2.05, 4.69) is 75.8 Å². The standard InChI is InChI=1S/C38H42BrClF4N4O3Si/c1-37(2,3)52(26-11-6-4-7-12-26,27-13-8-5-9-14-27)50-22-25-15-18-47(21-28(42)43)35-29-33(32(44)30(39)31(40)34(29)51-25)45-36(46-35)49-23-38-16-10-17-48(38)20-24(41)19-38/h4-9,11-14,24-25,28H,10,15-23H2,1-3H3/t24-,25?,38+/m1/s1. The Morgan fingerprint density at radius 3 is 2.37 bits per heavy atom. The molecule has 14 heteroatoms. The highest BCUT2D eigenvalue weighted by molar-refractivity contribution is 9.10. The summed E-state index contributed by atoms with van der Waals surface area (Å²) in [6.07, 6.45) is -2.12. The van der Waals surface area contributed by atoms with E-state index in [0.717, 1.165) is 29.8 Å². The van der Waals surface area contributed by atoms with Crippen LogP contribution in [-0.2, 0) is 4.43 Å². The van der Waals surface area contributed by atoms with Crippen LogP contribution in [0.4, 0.5) is 23.4 Å². The van der Waals surface area contributed by atoms with Gasteiger partial charge in [0.15, 0.2) is 11.6 Å².